The van der Waals surface area contributed by atoms with Crippen molar-refractivity contribution in [3.63, 3.8) is 0 Å². The molecule has 2 aliphatic heterocycles. The van der Waals surface area contributed by atoms with Crippen molar-refractivity contribution in [3.05, 3.63) is 36.3 Å². The van der Waals surface area contributed by atoms with E-state index in [9.17, 15) is 0 Å². The molecule has 4 rings (SSSR count). The average molecular weight is 414 g/mol. The van der Waals surface area contributed by atoms with Crippen molar-refractivity contribution in [1.29, 1.82) is 0 Å². The van der Waals surface area contributed by atoms with Gasteiger partial charge in [-0.3, -0.25) is 4.99 Å². The lowest BCUT2D eigenvalue weighted by molar-refractivity contribution is -0.0721. The summed E-state index contributed by atoms with van der Waals surface area (Å²) >= 11 is 0. The molecule has 0 saturated carbocycles. The molecule has 0 bridgehead atoms. The number of ether oxygens (including phenoxy) is 2. The summed E-state index contributed by atoms with van der Waals surface area (Å²) in [5.74, 6) is 1.01. The number of hydrogen-bond acceptors (Lipinski definition) is 4. The van der Waals surface area contributed by atoms with Crippen LogP contribution in [-0.2, 0) is 15.9 Å². The molecule has 0 radical (unpaired) electrons. The molecule has 2 saturated heterocycles. The molecule has 2 aromatic heterocycles. The fourth-order valence-electron chi connectivity index (χ4n) is 4.23. The number of rotatable bonds is 7. The van der Waals surface area contributed by atoms with E-state index >= 15 is 0 Å². The van der Waals surface area contributed by atoms with Crippen LogP contribution in [0.25, 0.3) is 5.65 Å². The van der Waals surface area contributed by atoms with Gasteiger partial charge in [-0.25, -0.2) is 4.98 Å². The van der Waals surface area contributed by atoms with Gasteiger partial charge in [-0.15, -0.1) is 0 Å². The van der Waals surface area contributed by atoms with Gasteiger partial charge in [0.1, 0.15) is 5.65 Å². The third kappa shape index (κ3) is 5.73. The number of pyridine rings is 1. The topological polar surface area (TPSA) is 63.4 Å². The molecule has 2 fully saturated rings. The summed E-state index contributed by atoms with van der Waals surface area (Å²) in [6.07, 6.45) is 11.3. The number of aromatic nitrogens is 2. The highest BCUT2D eigenvalue weighted by molar-refractivity contribution is 5.80. The lowest BCUT2D eigenvalue weighted by Gasteiger charge is -2.35. The first kappa shape index (κ1) is 21.1. The van der Waals surface area contributed by atoms with Crippen LogP contribution in [0.15, 0.2) is 35.6 Å². The molecular weight excluding hydrogens is 378 g/mol. The first-order valence-electron chi connectivity index (χ1n) is 11.5. The summed E-state index contributed by atoms with van der Waals surface area (Å²) in [6.45, 7) is 7.34. The second kappa shape index (κ2) is 10.8. The minimum atomic E-state index is 0.301. The third-order valence-electron chi connectivity index (χ3n) is 5.91. The minimum absolute atomic E-state index is 0.301. The van der Waals surface area contributed by atoms with E-state index in [1.807, 2.05) is 24.4 Å². The van der Waals surface area contributed by atoms with Crippen LogP contribution in [0.3, 0.4) is 0 Å². The van der Waals surface area contributed by atoms with Crippen LogP contribution in [0, 0.1) is 0 Å². The predicted octanol–water partition coefficient (Wildman–Crippen LogP) is 2.89. The van der Waals surface area contributed by atoms with E-state index in [-0.39, 0.29) is 0 Å². The zero-order chi connectivity index (χ0) is 20.6. The SMILES string of the molecule is CCNC(=NCCc1cn2ccccc2n1)N1CCC(OCC2CCCCO2)CC1. The molecule has 1 unspecified atom stereocenters. The Labute approximate surface area is 179 Å². The number of guanidine groups is 1. The van der Waals surface area contributed by atoms with Gasteiger partial charge >= 0.3 is 0 Å². The fraction of sp³-hybridized carbons (Fsp3) is 0.652. The van der Waals surface area contributed by atoms with Crippen LogP contribution >= 0.6 is 0 Å². The Morgan fingerprint density at radius 3 is 2.93 bits per heavy atom. The van der Waals surface area contributed by atoms with Crippen molar-refractivity contribution >= 4 is 11.6 Å². The number of imidazole rings is 1. The predicted molar refractivity (Wildman–Crippen MR) is 119 cm³/mol. The van der Waals surface area contributed by atoms with Crippen molar-refractivity contribution in [3.8, 4) is 0 Å². The zero-order valence-electron chi connectivity index (χ0n) is 18.1. The van der Waals surface area contributed by atoms with Gasteiger partial charge in [0.2, 0.25) is 0 Å². The number of hydrogen-bond donors (Lipinski definition) is 1. The Kier molecular flexibility index (Phi) is 7.59. The van der Waals surface area contributed by atoms with Crippen LogP contribution in [0.2, 0.25) is 0 Å². The number of aliphatic imine (C=N–C) groups is 1. The fourth-order valence-corrected chi connectivity index (χ4v) is 4.23. The monoisotopic (exact) mass is 413 g/mol. The average Bonchev–Trinajstić information content (AvgIpc) is 3.21. The Morgan fingerprint density at radius 2 is 2.17 bits per heavy atom. The van der Waals surface area contributed by atoms with Gasteiger partial charge in [0.25, 0.3) is 0 Å². The molecule has 0 aromatic carbocycles. The van der Waals surface area contributed by atoms with Crippen LogP contribution in [0.5, 0.6) is 0 Å². The third-order valence-corrected chi connectivity index (χ3v) is 5.91. The lowest BCUT2D eigenvalue weighted by atomic mass is 10.1. The van der Waals surface area contributed by atoms with Gasteiger partial charge in [-0.2, -0.15) is 0 Å². The molecule has 4 heterocycles. The smallest absolute Gasteiger partial charge is 0.193 e. The summed E-state index contributed by atoms with van der Waals surface area (Å²) < 4.78 is 14.0. The zero-order valence-corrected chi connectivity index (χ0v) is 18.1. The number of nitrogens with one attached hydrogen (secondary N) is 1. The Hall–Kier alpha value is -2.12. The molecule has 2 aromatic rings. The van der Waals surface area contributed by atoms with E-state index < -0.39 is 0 Å². The van der Waals surface area contributed by atoms with E-state index in [1.165, 1.54) is 12.8 Å². The first-order chi connectivity index (χ1) is 14.8. The van der Waals surface area contributed by atoms with Crippen LogP contribution < -0.4 is 5.32 Å². The molecule has 30 heavy (non-hydrogen) atoms. The Morgan fingerprint density at radius 1 is 1.27 bits per heavy atom. The van der Waals surface area contributed by atoms with Gasteiger partial charge in [-0.1, -0.05) is 6.07 Å². The molecule has 0 amide bonds. The normalized spacial score (nSPS) is 21.3. The standard InChI is InChI=1S/C23H35N5O2/c1-2-24-23(25-12-9-19-17-28-13-5-3-8-22(28)26-19)27-14-10-20(11-15-27)30-18-21-7-4-6-16-29-21/h3,5,8,13,17,20-21H,2,4,6-7,9-12,14-16,18H2,1H3,(H,24,25). The maximum atomic E-state index is 6.16. The maximum Gasteiger partial charge on any atom is 0.193 e. The van der Waals surface area contributed by atoms with Gasteiger partial charge in [-0.05, 0) is 51.2 Å². The summed E-state index contributed by atoms with van der Waals surface area (Å²) in [7, 11) is 0. The van der Waals surface area contributed by atoms with Crippen LogP contribution in [0.1, 0.15) is 44.7 Å². The van der Waals surface area contributed by atoms with Gasteiger partial charge < -0.3 is 24.1 Å². The number of fused-ring (bicyclic) bond motifs is 1. The van der Waals surface area contributed by atoms with Crippen molar-refractivity contribution in [2.45, 2.75) is 57.7 Å². The Bertz CT molecular complexity index is 774. The van der Waals surface area contributed by atoms with Gasteiger partial charge in [0.05, 0.1) is 24.5 Å². The number of nitrogens with zero attached hydrogens (tertiary/aromatic N) is 4. The molecule has 0 spiro atoms. The molecule has 7 nitrogen and oxygen atoms in total. The van der Waals surface area contributed by atoms with E-state index in [0.29, 0.717) is 12.2 Å². The quantitative estimate of drug-likeness (QED) is 0.559. The summed E-state index contributed by atoms with van der Waals surface area (Å²) in [4.78, 5) is 11.9. The molecular formula is C23H35N5O2. The van der Waals surface area contributed by atoms with Crippen LogP contribution in [0.4, 0.5) is 0 Å². The van der Waals surface area contributed by atoms with Crippen LogP contribution in [-0.4, -0.2) is 71.8 Å². The second-order valence-corrected chi connectivity index (χ2v) is 8.19. The molecule has 1 N–H and O–H groups in total. The number of piperidine rings is 1. The molecule has 1 atom stereocenters. The summed E-state index contributed by atoms with van der Waals surface area (Å²) in [6, 6.07) is 6.07. The number of likely N-dealkylation sites (tertiary alicyclic amines) is 1. The minimum Gasteiger partial charge on any atom is -0.376 e. The van der Waals surface area contributed by atoms with E-state index in [1.54, 1.807) is 0 Å². The highest BCUT2D eigenvalue weighted by Gasteiger charge is 2.23. The molecule has 164 valence electrons. The van der Waals surface area contributed by atoms with Crippen molar-refractivity contribution < 1.29 is 9.47 Å². The molecule has 7 heteroatoms. The molecule has 0 aliphatic carbocycles. The van der Waals surface area contributed by atoms with E-state index in [2.05, 4.69) is 32.7 Å². The first-order valence-corrected chi connectivity index (χ1v) is 11.5. The van der Waals surface area contributed by atoms with Crippen molar-refractivity contribution in [2.75, 3.05) is 39.4 Å². The largest absolute Gasteiger partial charge is 0.376 e. The molecule has 2 aliphatic rings. The summed E-state index contributed by atoms with van der Waals surface area (Å²) in [5.41, 5.74) is 2.07. The van der Waals surface area contributed by atoms with Gasteiger partial charge in [0, 0.05) is 51.6 Å². The highest BCUT2D eigenvalue weighted by Crippen LogP contribution is 2.18. The van der Waals surface area contributed by atoms with Gasteiger partial charge in [0.15, 0.2) is 5.96 Å². The Balaban J connectivity index is 1.24. The second-order valence-electron chi connectivity index (χ2n) is 8.19. The highest BCUT2D eigenvalue weighted by atomic mass is 16.5. The van der Waals surface area contributed by atoms with Crippen molar-refractivity contribution in [1.82, 2.24) is 19.6 Å². The maximum absolute atomic E-state index is 6.16. The summed E-state index contributed by atoms with van der Waals surface area (Å²) in [5, 5.41) is 3.45. The van der Waals surface area contributed by atoms with Crippen molar-refractivity contribution in [2.24, 2.45) is 4.99 Å². The van der Waals surface area contributed by atoms with E-state index in [0.717, 1.165) is 82.4 Å². The van der Waals surface area contributed by atoms with E-state index in [4.69, 9.17) is 14.5 Å². The lowest BCUT2D eigenvalue weighted by Crippen LogP contribution is -2.47.